The standard InChI is InChI=1S/C22H18F2N4O/c23-14-7-16-15(18(24)8-14)9-20(29)22(16)28-19-4-5-26-11-17(19)21(27-28)13-3-1-2-12(6-13)10-25/h1-3,6-8,20,22,26,29H,4-5,9,11H2/t20-,22+/m0/s1. The molecule has 5 rings (SSSR count). The number of nitriles is 1. The second kappa shape index (κ2) is 6.76. The van der Waals surface area contributed by atoms with Crippen molar-refractivity contribution in [2.24, 2.45) is 0 Å². The zero-order valence-electron chi connectivity index (χ0n) is 15.5. The van der Waals surface area contributed by atoms with Crippen LogP contribution in [-0.2, 0) is 19.4 Å². The number of rotatable bonds is 2. The number of hydrogen-bond acceptors (Lipinski definition) is 4. The van der Waals surface area contributed by atoms with Crippen LogP contribution in [0.2, 0.25) is 0 Å². The molecule has 0 bridgehead atoms. The van der Waals surface area contributed by atoms with Gasteiger partial charge in [0.1, 0.15) is 17.7 Å². The van der Waals surface area contributed by atoms with E-state index in [9.17, 15) is 19.1 Å². The fourth-order valence-corrected chi connectivity index (χ4v) is 4.50. The van der Waals surface area contributed by atoms with E-state index in [0.717, 1.165) is 35.1 Å². The predicted molar refractivity (Wildman–Crippen MR) is 102 cm³/mol. The van der Waals surface area contributed by atoms with Gasteiger partial charge in [-0.25, -0.2) is 8.78 Å². The average Bonchev–Trinajstić information content (AvgIpc) is 3.25. The van der Waals surface area contributed by atoms with Gasteiger partial charge >= 0.3 is 0 Å². The van der Waals surface area contributed by atoms with Gasteiger partial charge in [-0.2, -0.15) is 10.4 Å². The van der Waals surface area contributed by atoms with Crippen molar-refractivity contribution in [2.45, 2.75) is 31.5 Å². The third-order valence-electron chi connectivity index (χ3n) is 5.78. The summed E-state index contributed by atoms with van der Waals surface area (Å²) in [4.78, 5) is 0. The van der Waals surface area contributed by atoms with E-state index < -0.39 is 23.8 Å². The van der Waals surface area contributed by atoms with Crippen LogP contribution in [-0.4, -0.2) is 27.5 Å². The van der Waals surface area contributed by atoms with Crippen molar-refractivity contribution in [1.29, 1.82) is 5.26 Å². The third-order valence-corrected chi connectivity index (χ3v) is 5.78. The van der Waals surface area contributed by atoms with E-state index in [1.807, 2.05) is 6.07 Å². The van der Waals surface area contributed by atoms with Gasteiger partial charge in [0.05, 0.1) is 23.4 Å². The lowest BCUT2D eigenvalue weighted by Crippen LogP contribution is -2.29. The van der Waals surface area contributed by atoms with E-state index in [1.165, 1.54) is 6.07 Å². The summed E-state index contributed by atoms with van der Waals surface area (Å²) in [5.74, 6) is -1.30. The van der Waals surface area contributed by atoms with Crippen LogP contribution in [0.5, 0.6) is 0 Å². The van der Waals surface area contributed by atoms with Gasteiger partial charge in [0.15, 0.2) is 0 Å². The van der Waals surface area contributed by atoms with Crippen molar-refractivity contribution < 1.29 is 13.9 Å². The molecular weight excluding hydrogens is 374 g/mol. The summed E-state index contributed by atoms with van der Waals surface area (Å²) in [6.45, 7) is 1.36. The monoisotopic (exact) mass is 392 g/mol. The van der Waals surface area contributed by atoms with Crippen LogP contribution in [0.4, 0.5) is 8.78 Å². The average molecular weight is 392 g/mol. The quantitative estimate of drug-likeness (QED) is 0.703. The van der Waals surface area contributed by atoms with E-state index >= 15 is 0 Å². The first-order valence-electron chi connectivity index (χ1n) is 9.54. The summed E-state index contributed by atoms with van der Waals surface area (Å²) in [5.41, 5.74) is 4.78. The number of nitrogens with one attached hydrogen (secondary N) is 1. The first-order chi connectivity index (χ1) is 14.1. The van der Waals surface area contributed by atoms with Crippen LogP contribution in [0.1, 0.15) is 34.0 Å². The Kier molecular flexibility index (Phi) is 4.19. The van der Waals surface area contributed by atoms with E-state index in [-0.39, 0.29) is 6.42 Å². The highest BCUT2D eigenvalue weighted by molar-refractivity contribution is 5.66. The number of hydrogen-bond donors (Lipinski definition) is 2. The second-order valence-corrected chi connectivity index (χ2v) is 7.51. The summed E-state index contributed by atoms with van der Waals surface area (Å²) < 4.78 is 30.0. The van der Waals surface area contributed by atoms with Crippen molar-refractivity contribution in [2.75, 3.05) is 6.54 Å². The Labute approximate surface area is 166 Å². The first kappa shape index (κ1) is 18.0. The minimum absolute atomic E-state index is 0.123. The van der Waals surface area contributed by atoms with Gasteiger partial charge in [0.2, 0.25) is 0 Å². The molecule has 2 aromatic carbocycles. The molecule has 2 aliphatic rings. The van der Waals surface area contributed by atoms with Crippen molar-refractivity contribution in [3.63, 3.8) is 0 Å². The summed E-state index contributed by atoms with van der Waals surface area (Å²) >= 11 is 0. The van der Waals surface area contributed by atoms with Crippen LogP contribution in [0, 0.1) is 23.0 Å². The van der Waals surface area contributed by atoms with E-state index in [4.69, 9.17) is 5.10 Å². The molecule has 1 aromatic heterocycles. The lowest BCUT2D eigenvalue weighted by Gasteiger charge is -2.22. The summed E-state index contributed by atoms with van der Waals surface area (Å²) in [7, 11) is 0. The molecule has 0 unspecified atom stereocenters. The smallest absolute Gasteiger partial charge is 0.129 e. The van der Waals surface area contributed by atoms with Gasteiger partial charge in [-0.3, -0.25) is 4.68 Å². The van der Waals surface area contributed by atoms with Gasteiger partial charge in [0, 0.05) is 48.8 Å². The number of nitrogens with zero attached hydrogens (tertiary/aromatic N) is 3. The second-order valence-electron chi connectivity index (χ2n) is 7.51. The Morgan fingerprint density at radius 2 is 2.07 bits per heavy atom. The lowest BCUT2D eigenvalue weighted by molar-refractivity contribution is 0.136. The number of aromatic nitrogens is 2. The molecule has 7 heteroatoms. The number of fused-ring (bicyclic) bond motifs is 2. The Balaban J connectivity index is 1.70. The fraction of sp³-hybridized carbons (Fsp3) is 0.273. The molecule has 29 heavy (non-hydrogen) atoms. The molecule has 0 radical (unpaired) electrons. The van der Waals surface area contributed by atoms with Crippen LogP contribution in [0.3, 0.4) is 0 Å². The SMILES string of the molecule is N#Cc1cccc(-c2nn([C@@H]3c4cc(F)cc(F)c4C[C@@H]3O)c3c2CNCC3)c1. The molecule has 5 nitrogen and oxygen atoms in total. The highest BCUT2D eigenvalue weighted by Gasteiger charge is 2.38. The molecule has 2 heterocycles. The Bertz CT molecular complexity index is 1160. The van der Waals surface area contributed by atoms with Gasteiger partial charge in [-0.05, 0) is 29.3 Å². The van der Waals surface area contributed by atoms with Gasteiger partial charge in [-0.1, -0.05) is 12.1 Å². The predicted octanol–water partition coefficient (Wildman–Crippen LogP) is 2.85. The number of aliphatic hydroxyl groups excluding tert-OH is 1. The van der Waals surface area contributed by atoms with E-state index in [2.05, 4.69) is 11.4 Å². The summed E-state index contributed by atoms with van der Waals surface area (Å²) in [6.07, 6.45) is -0.0759. The molecule has 2 atom stereocenters. The van der Waals surface area contributed by atoms with E-state index in [1.54, 1.807) is 22.9 Å². The van der Waals surface area contributed by atoms with Gasteiger partial charge in [-0.15, -0.1) is 0 Å². The number of aliphatic hydroxyl groups is 1. The Hall–Kier alpha value is -3.08. The largest absolute Gasteiger partial charge is 0.390 e. The maximum Gasteiger partial charge on any atom is 0.129 e. The lowest BCUT2D eigenvalue weighted by atomic mass is 10.00. The minimum Gasteiger partial charge on any atom is -0.390 e. The van der Waals surface area contributed by atoms with E-state index in [0.29, 0.717) is 29.7 Å². The molecule has 1 aliphatic carbocycles. The maximum absolute atomic E-state index is 14.3. The summed E-state index contributed by atoms with van der Waals surface area (Å²) in [5, 5.41) is 28.1. The number of halogens is 2. The molecule has 3 aromatic rings. The highest BCUT2D eigenvalue weighted by Crippen LogP contribution is 2.39. The van der Waals surface area contributed by atoms with Gasteiger partial charge < -0.3 is 10.4 Å². The topological polar surface area (TPSA) is 73.9 Å². The zero-order chi connectivity index (χ0) is 20.1. The summed E-state index contributed by atoms with van der Waals surface area (Å²) in [6, 6.07) is 10.8. The normalized spacial score (nSPS) is 20.2. The first-order valence-corrected chi connectivity index (χ1v) is 9.54. The molecule has 146 valence electrons. The fourth-order valence-electron chi connectivity index (χ4n) is 4.50. The zero-order valence-corrected chi connectivity index (χ0v) is 15.5. The minimum atomic E-state index is -0.890. The molecule has 0 spiro atoms. The molecule has 2 N–H and O–H groups in total. The molecule has 1 aliphatic heterocycles. The maximum atomic E-state index is 14.3. The van der Waals surface area contributed by atoms with Crippen molar-refractivity contribution in [3.05, 3.63) is 76.0 Å². The molecule has 0 saturated carbocycles. The Morgan fingerprint density at radius 1 is 1.21 bits per heavy atom. The molecule has 0 amide bonds. The van der Waals surface area contributed by atoms with Crippen LogP contribution < -0.4 is 5.32 Å². The van der Waals surface area contributed by atoms with Crippen molar-refractivity contribution in [3.8, 4) is 17.3 Å². The van der Waals surface area contributed by atoms with Gasteiger partial charge in [0.25, 0.3) is 0 Å². The Morgan fingerprint density at radius 3 is 2.90 bits per heavy atom. The van der Waals surface area contributed by atoms with Crippen LogP contribution in [0.25, 0.3) is 11.3 Å². The van der Waals surface area contributed by atoms with Crippen molar-refractivity contribution >= 4 is 0 Å². The molecular formula is C22H18F2N4O. The molecule has 0 fully saturated rings. The highest BCUT2D eigenvalue weighted by atomic mass is 19.1. The van der Waals surface area contributed by atoms with Crippen LogP contribution >= 0.6 is 0 Å². The third kappa shape index (κ3) is 2.84. The van der Waals surface area contributed by atoms with Crippen molar-refractivity contribution in [1.82, 2.24) is 15.1 Å². The molecule has 0 saturated heterocycles. The number of benzene rings is 2. The van der Waals surface area contributed by atoms with Crippen LogP contribution in [0.15, 0.2) is 36.4 Å².